The van der Waals surface area contributed by atoms with Gasteiger partial charge in [0, 0.05) is 25.3 Å². The zero-order valence-electron chi connectivity index (χ0n) is 10.4. The minimum absolute atomic E-state index is 0.0505. The highest BCUT2D eigenvalue weighted by atomic mass is 35.5. The molecule has 0 saturated carbocycles. The molecule has 0 saturated heterocycles. The second-order valence-corrected chi connectivity index (χ2v) is 5.39. The second-order valence-electron chi connectivity index (χ2n) is 4.07. The highest BCUT2D eigenvalue weighted by Gasteiger charge is 2.11. The van der Waals surface area contributed by atoms with Crippen molar-refractivity contribution in [1.82, 2.24) is 4.98 Å². The molecule has 1 aromatic carbocycles. The molecule has 6 heteroatoms. The Balaban J connectivity index is 2.48. The molecule has 0 atom stereocenters. The van der Waals surface area contributed by atoms with Crippen LogP contribution in [-0.4, -0.2) is 25.4 Å². The lowest BCUT2D eigenvalue weighted by Crippen LogP contribution is -2.08. The Hall–Kier alpha value is -1.72. The molecule has 0 aliphatic rings. The van der Waals surface area contributed by atoms with Crippen LogP contribution in [0.15, 0.2) is 29.1 Å². The lowest BCUT2D eigenvalue weighted by Gasteiger charge is -2.12. The maximum atomic E-state index is 11.7. The van der Waals surface area contributed by atoms with Crippen LogP contribution in [0.3, 0.4) is 0 Å². The first-order valence-electron chi connectivity index (χ1n) is 5.46. The van der Waals surface area contributed by atoms with Gasteiger partial charge in [0.1, 0.15) is 15.7 Å². The van der Waals surface area contributed by atoms with Crippen LogP contribution in [0.25, 0.3) is 10.6 Å². The SMILES string of the molecule is CN(C)c1ccc(-c2nc(Cl)c(C=O)c(=O)s2)cc1. The van der Waals surface area contributed by atoms with Crippen molar-refractivity contribution in [1.29, 1.82) is 0 Å². The van der Waals surface area contributed by atoms with Crippen molar-refractivity contribution in [3.8, 4) is 10.6 Å². The van der Waals surface area contributed by atoms with Gasteiger partial charge >= 0.3 is 0 Å². The first kappa shape index (κ1) is 13.7. The molecule has 0 amide bonds. The van der Waals surface area contributed by atoms with E-state index in [0.717, 1.165) is 22.6 Å². The molecule has 0 radical (unpaired) electrons. The van der Waals surface area contributed by atoms with E-state index in [2.05, 4.69) is 4.98 Å². The zero-order valence-corrected chi connectivity index (χ0v) is 12.0. The van der Waals surface area contributed by atoms with E-state index in [1.807, 2.05) is 43.3 Å². The molecule has 2 aromatic rings. The van der Waals surface area contributed by atoms with E-state index >= 15 is 0 Å². The van der Waals surface area contributed by atoms with Crippen LogP contribution in [0, 0.1) is 0 Å². The lowest BCUT2D eigenvalue weighted by molar-refractivity contribution is 0.112. The zero-order chi connectivity index (χ0) is 14.0. The maximum absolute atomic E-state index is 11.7. The van der Waals surface area contributed by atoms with Gasteiger partial charge in [0.2, 0.25) is 4.74 Å². The van der Waals surface area contributed by atoms with Gasteiger partial charge in [0.05, 0.1) is 0 Å². The number of hydrogen-bond acceptors (Lipinski definition) is 5. The minimum atomic E-state index is -0.373. The monoisotopic (exact) mass is 294 g/mol. The van der Waals surface area contributed by atoms with Gasteiger partial charge in [-0.25, -0.2) is 4.98 Å². The van der Waals surface area contributed by atoms with Crippen LogP contribution < -0.4 is 9.64 Å². The highest BCUT2D eigenvalue weighted by molar-refractivity contribution is 7.12. The number of halogens is 1. The fourth-order valence-electron chi connectivity index (χ4n) is 1.52. The fraction of sp³-hybridized carbons (Fsp3) is 0.154. The van der Waals surface area contributed by atoms with Crippen LogP contribution in [0.5, 0.6) is 0 Å². The third-order valence-electron chi connectivity index (χ3n) is 2.58. The number of hydrogen-bond donors (Lipinski definition) is 0. The molecule has 0 fully saturated rings. The molecular weight excluding hydrogens is 284 g/mol. The van der Waals surface area contributed by atoms with Crippen LogP contribution in [0.2, 0.25) is 5.15 Å². The standard InChI is InChI=1S/C13H11ClN2O2S/c1-16(2)9-5-3-8(4-6-9)12-15-11(14)10(7-17)13(18)19-12/h3-7H,1-2H3. The molecule has 98 valence electrons. The molecule has 0 N–H and O–H groups in total. The number of aldehydes is 1. The summed E-state index contributed by atoms with van der Waals surface area (Å²) < 4.78 is -0.373. The average molecular weight is 295 g/mol. The third kappa shape index (κ3) is 2.83. The lowest BCUT2D eigenvalue weighted by atomic mass is 10.2. The van der Waals surface area contributed by atoms with E-state index in [1.54, 1.807) is 0 Å². The smallest absolute Gasteiger partial charge is 0.247 e. The number of rotatable bonds is 3. The second kappa shape index (κ2) is 5.50. The number of carbonyl (C=O) groups is 1. The molecule has 0 unspecified atom stereocenters. The van der Waals surface area contributed by atoms with E-state index in [0.29, 0.717) is 11.3 Å². The topological polar surface area (TPSA) is 50.3 Å². The van der Waals surface area contributed by atoms with Crippen molar-refractivity contribution >= 4 is 34.9 Å². The number of aromatic nitrogens is 1. The Kier molecular flexibility index (Phi) is 3.97. The molecule has 19 heavy (non-hydrogen) atoms. The molecule has 2 rings (SSSR count). The molecule has 1 heterocycles. The summed E-state index contributed by atoms with van der Waals surface area (Å²) in [5, 5.41) is 0.455. The van der Waals surface area contributed by atoms with Gasteiger partial charge in [-0.15, -0.1) is 0 Å². The summed E-state index contributed by atoms with van der Waals surface area (Å²) in [6.45, 7) is 0. The Morgan fingerprint density at radius 3 is 2.37 bits per heavy atom. The Morgan fingerprint density at radius 2 is 1.89 bits per heavy atom. The summed E-state index contributed by atoms with van der Waals surface area (Å²) in [5.41, 5.74) is 1.76. The maximum Gasteiger partial charge on any atom is 0.247 e. The van der Waals surface area contributed by atoms with Gasteiger partial charge in [0.15, 0.2) is 6.29 Å². The quantitative estimate of drug-likeness (QED) is 0.817. The molecule has 4 nitrogen and oxygen atoms in total. The van der Waals surface area contributed by atoms with Gasteiger partial charge < -0.3 is 4.90 Å². The predicted octanol–water partition coefficient (Wildman–Crippen LogP) is 2.70. The van der Waals surface area contributed by atoms with Gasteiger partial charge in [0.25, 0.3) is 0 Å². The van der Waals surface area contributed by atoms with Crippen LogP contribution in [0.4, 0.5) is 5.69 Å². The molecule has 1 aromatic heterocycles. The number of anilines is 1. The van der Waals surface area contributed by atoms with E-state index in [9.17, 15) is 9.59 Å². The first-order chi connectivity index (χ1) is 9.02. The summed E-state index contributed by atoms with van der Waals surface area (Å²) in [6.07, 6.45) is 0.438. The number of benzene rings is 1. The van der Waals surface area contributed by atoms with Crippen molar-refractivity contribution in [3.05, 3.63) is 44.5 Å². The van der Waals surface area contributed by atoms with E-state index in [4.69, 9.17) is 11.6 Å². The third-order valence-corrected chi connectivity index (χ3v) is 3.79. The van der Waals surface area contributed by atoms with Crippen molar-refractivity contribution in [2.24, 2.45) is 0 Å². The summed E-state index contributed by atoms with van der Waals surface area (Å²) in [7, 11) is 3.89. The van der Waals surface area contributed by atoms with Crippen molar-refractivity contribution in [2.45, 2.75) is 0 Å². The molecule has 0 spiro atoms. The largest absolute Gasteiger partial charge is 0.378 e. The van der Waals surface area contributed by atoms with E-state index in [1.165, 1.54) is 0 Å². The van der Waals surface area contributed by atoms with Crippen LogP contribution in [0.1, 0.15) is 10.4 Å². The Labute approximate surface area is 119 Å². The van der Waals surface area contributed by atoms with Gasteiger partial charge in [-0.3, -0.25) is 9.59 Å². The van der Waals surface area contributed by atoms with Crippen LogP contribution >= 0.6 is 22.9 Å². The highest BCUT2D eigenvalue weighted by Crippen LogP contribution is 2.24. The Bertz CT molecular complexity index is 665. The minimum Gasteiger partial charge on any atom is -0.378 e. The van der Waals surface area contributed by atoms with E-state index in [-0.39, 0.29) is 15.5 Å². The molecule has 0 aliphatic carbocycles. The van der Waals surface area contributed by atoms with Gasteiger partial charge in [-0.2, -0.15) is 0 Å². The summed E-state index contributed by atoms with van der Waals surface area (Å²) in [4.78, 5) is 28.5. The van der Waals surface area contributed by atoms with Crippen LogP contribution in [-0.2, 0) is 0 Å². The number of nitrogens with zero attached hydrogens (tertiary/aromatic N) is 2. The summed E-state index contributed by atoms with van der Waals surface area (Å²) in [6, 6.07) is 7.58. The van der Waals surface area contributed by atoms with Gasteiger partial charge in [-0.05, 0) is 24.3 Å². The van der Waals surface area contributed by atoms with E-state index < -0.39 is 0 Å². The predicted molar refractivity (Wildman–Crippen MR) is 78.5 cm³/mol. The summed E-state index contributed by atoms with van der Waals surface area (Å²) >= 11 is 6.74. The van der Waals surface area contributed by atoms with Crippen molar-refractivity contribution < 1.29 is 4.79 Å². The van der Waals surface area contributed by atoms with Gasteiger partial charge in [-0.1, -0.05) is 22.9 Å². The fourth-order valence-corrected chi connectivity index (χ4v) is 2.66. The number of carbonyl (C=O) groups excluding carboxylic acids is 1. The summed E-state index contributed by atoms with van der Waals surface area (Å²) in [5.74, 6) is 0. The normalized spacial score (nSPS) is 10.3. The molecule has 0 bridgehead atoms. The average Bonchev–Trinajstić information content (AvgIpc) is 2.38. The molecular formula is C13H11ClN2O2S. The Morgan fingerprint density at radius 1 is 1.26 bits per heavy atom. The van der Waals surface area contributed by atoms with Crippen molar-refractivity contribution in [3.63, 3.8) is 0 Å². The first-order valence-corrected chi connectivity index (χ1v) is 6.66. The molecule has 0 aliphatic heterocycles. The van der Waals surface area contributed by atoms with Crippen molar-refractivity contribution in [2.75, 3.05) is 19.0 Å².